The first-order valence-corrected chi connectivity index (χ1v) is 10.1. The molecule has 0 radical (unpaired) electrons. The van der Waals surface area contributed by atoms with Gasteiger partial charge >= 0.3 is 5.97 Å². The highest BCUT2D eigenvalue weighted by Gasteiger charge is 2.26. The number of rotatable bonds is 4. The first kappa shape index (κ1) is 21.1. The fraction of sp³-hybridized carbons (Fsp3) is 0.115. The van der Waals surface area contributed by atoms with Gasteiger partial charge in [-0.25, -0.2) is 4.79 Å². The number of aromatic carboxylic acids is 1. The molecule has 1 amide bonds. The zero-order chi connectivity index (χ0) is 22.5. The number of hydrogen-bond acceptors (Lipinski definition) is 4. The topological polar surface area (TPSA) is 79.7 Å². The molecule has 1 N–H and O–H groups in total. The smallest absolute Gasteiger partial charge is 0.336 e. The van der Waals surface area contributed by atoms with Gasteiger partial charge in [0.15, 0.2) is 0 Å². The second kappa shape index (κ2) is 9.31. The summed E-state index contributed by atoms with van der Waals surface area (Å²) in [5.74, 6) is 0.0556. The van der Waals surface area contributed by atoms with Crippen molar-refractivity contribution in [1.82, 2.24) is 4.98 Å². The highest BCUT2D eigenvalue weighted by atomic mass is 16.5. The predicted octanol–water partition coefficient (Wildman–Crippen LogP) is 4.72. The van der Waals surface area contributed by atoms with Gasteiger partial charge in [0.25, 0.3) is 0 Å². The van der Waals surface area contributed by atoms with Crippen LogP contribution in [0.2, 0.25) is 0 Å². The summed E-state index contributed by atoms with van der Waals surface area (Å²) < 4.78 is 5.21. The Hall–Kier alpha value is -4.19. The predicted molar refractivity (Wildman–Crippen MR) is 123 cm³/mol. The number of carboxylic acid groups (broad SMARTS) is 1. The van der Waals surface area contributed by atoms with E-state index in [9.17, 15) is 9.59 Å². The summed E-state index contributed by atoms with van der Waals surface area (Å²) in [7, 11) is 1.65. The maximum atomic E-state index is 12.1. The van der Waals surface area contributed by atoms with Crippen molar-refractivity contribution >= 4 is 28.5 Å². The number of carbonyl (C=O) groups excluding carboxylic acids is 1. The maximum Gasteiger partial charge on any atom is 0.336 e. The molecule has 5 rings (SSSR count). The van der Waals surface area contributed by atoms with Crippen molar-refractivity contribution in [3.63, 3.8) is 0 Å². The lowest BCUT2D eigenvalue weighted by molar-refractivity contribution is -0.117. The molecule has 0 atom stereocenters. The molecular formula is C26H22N2O4. The molecule has 4 aromatic rings. The molecule has 160 valence electrons. The Balaban J connectivity index is 0.000000165. The van der Waals surface area contributed by atoms with Crippen LogP contribution in [-0.2, 0) is 17.8 Å². The lowest BCUT2D eigenvalue weighted by Gasteiger charge is -2.17. The van der Waals surface area contributed by atoms with E-state index in [2.05, 4.69) is 4.98 Å². The summed E-state index contributed by atoms with van der Waals surface area (Å²) in [5, 5.41) is 9.53. The van der Waals surface area contributed by atoms with E-state index >= 15 is 0 Å². The van der Waals surface area contributed by atoms with Gasteiger partial charge in [-0.15, -0.1) is 0 Å². The number of amides is 1. The van der Waals surface area contributed by atoms with Gasteiger partial charge in [0.1, 0.15) is 5.75 Å². The number of nitrogens with zero attached hydrogens (tertiary/aromatic N) is 2. The van der Waals surface area contributed by atoms with E-state index in [1.54, 1.807) is 43.6 Å². The quantitative estimate of drug-likeness (QED) is 0.511. The molecular weight excluding hydrogens is 404 g/mol. The van der Waals surface area contributed by atoms with Gasteiger partial charge in [0, 0.05) is 17.3 Å². The minimum atomic E-state index is -0.918. The summed E-state index contributed by atoms with van der Waals surface area (Å²) in [6, 6.07) is 24.3. The van der Waals surface area contributed by atoms with Gasteiger partial charge in [-0.1, -0.05) is 42.5 Å². The Kier molecular flexibility index (Phi) is 6.12. The molecule has 6 nitrogen and oxygen atoms in total. The molecule has 0 fully saturated rings. The van der Waals surface area contributed by atoms with Gasteiger partial charge in [-0.3, -0.25) is 9.78 Å². The molecule has 0 aliphatic carbocycles. The zero-order valence-corrected chi connectivity index (χ0v) is 17.6. The Morgan fingerprint density at radius 2 is 1.84 bits per heavy atom. The van der Waals surface area contributed by atoms with Gasteiger partial charge in [0.2, 0.25) is 5.91 Å². The van der Waals surface area contributed by atoms with E-state index in [0.29, 0.717) is 29.4 Å². The van der Waals surface area contributed by atoms with Crippen LogP contribution in [0.5, 0.6) is 5.75 Å². The number of hydrogen-bond donors (Lipinski definition) is 1. The molecule has 1 aromatic heterocycles. The molecule has 2 heterocycles. The van der Waals surface area contributed by atoms with E-state index in [-0.39, 0.29) is 5.91 Å². The number of fused-ring (bicyclic) bond motifs is 2. The standard InChI is InChI=1S/C16H15NO2.C10H7NO2/c1-19-14-7-4-5-12(9-14)11-17-15-8-3-2-6-13(15)10-16(17)18;12-10(13)8-3-1-5-9-7(8)4-2-6-11-9/h2-9H,10-11H2,1H3;1-6H,(H,12,13). The lowest BCUT2D eigenvalue weighted by Crippen LogP contribution is -2.25. The highest BCUT2D eigenvalue weighted by molar-refractivity contribution is 6.02. The van der Waals surface area contributed by atoms with Crippen molar-refractivity contribution in [2.45, 2.75) is 13.0 Å². The lowest BCUT2D eigenvalue weighted by atomic mass is 10.1. The number of anilines is 1. The molecule has 32 heavy (non-hydrogen) atoms. The van der Waals surface area contributed by atoms with Crippen LogP contribution in [0.15, 0.2) is 85.1 Å². The second-order valence-corrected chi connectivity index (χ2v) is 7.32. The van der Waals surface area contributed by atoms with E-state index in [1.165, 1.54) is 0 Å². The van der Waals surface area contributed by atoms with Crippen LogP contribution in [-0.4, -0.2) is 29.1 Å². The summed E-state index contributed by atoms with van der Waals surface area (Å²) in [6.07, 6.45) is 2.15. The fourth-order valence-electron chi connectivity index (χ4n) is 3.73. The van der Waals surface area contributed by atoms with E-state index < -0.39 is 5.97 Å². The Morgan fingerprint density at radius 3 is 2.66 bits per heavy atom. The van der Waals surface area contributed by atoms with Crippen molar-refractivity contribution in [3.8, 4) is 5.75 Å². The average molecular weight is 426 g/mol. The van der Waals surface area contributed by atoms with Crippen molar-refractivity contribution in [2.24, 2.45) is 0 Å². The van der Waals surface area contributed by atoms with E-state index in [1.807, 2.05) is 53.4 Å². The van der Waals surface area contributed by atoms with Crippen LogP contribution in [0.25, 0.3) is 10.9 Å². The first-order valence-electron chi connectivity index (χ1n) is 10.1. The van der Waals surface area contributed by atoms with Crippen molar-refractivity contribution in [2.75, 3.05) is 12.0 Å². The minimum Gasteiger partial charge on any atom is -0.497 e. The number of aromatic nitrogens is 1. The minimum absolute atomic E-state index is 0.156. The molecule has 3 aromatic carbocycles. The number of methoxy groups -OCH3 is 1. The number of ether oxygens (including phenoxy) is 1. The molecule has 0 unspecified atom stereocenters. The number of benzene rings is 3. The number of carboxylic acids is 1. The fourth-order valence-corrected chi connectivity index (χ4v) is 3.73. The molecule has 0 spiro atoms. The third kappa shape index (κ3) is 4.44. The average Bonchev–Trinajstić information content (AvgIpc) is 3.14. The van der Waals surface area contributed by atoms with Crippen molar-refractivity contribution in [1.29, 1.82) is 0 Å². The maximum absolute atomic E-state index is 12.1. The van der Waals surface area contributed by atoms with Crippen LogP contribution in [0.1, 0.15) is 21.5 Å². The molecule has 6 heteroatoms. The Morgan fingerprint density at radius 1 is 1.03 bits per heavy atom. The summed E-state index contributed by atoms with van der Waals surface area (Å²) in [5.41, 5.74) is 4.21. The van der Waals surface area contributed by atoms with Crippen LogP contribution < -0.4 is 9.64 Å². The van der Waals surface area contributed by atoms with Gasteiger partial charge in [-0.2, -0.15) is 0 Å². The number of para-hydroxylation sites is 1. The monoisotopic (exact) mass is 426 g/mol. The third-order valence-electron chi connectivity index (χ3n) is 5.28. The van der Waals surface area contributed by atoms with Crippen molar-refractivity contribution in [3.05, 3.63) is 102 Å². The molecule has 1 aliphatic heterocycles. The largest absolute Gasteiger partial charge is 0.497 e. The van der Waals surface area contributed by atoms with Crippen LogP contribution >= 0.6 is 0 Å². The van der Waals surface area contributed by atoms with Crippen LogP contribution in [0.4, 0.5) is 5.69 Å². The van der Waals surface area contributed by atoms with Gasteiger partial charge in [0.05, 0.1) is 31.2 Å². The number of pyridine rings is 1. The summed E-state index contributed by atoms with van der Waals surface area (Å²) in [6.45, 7) is 0.590. The first-order chi connectivity index (χ1) is 15.6. The highest BCUT2D eigenvalue weighted by Crippen LogP contribution is 2.30. The molecule has 1 aliphatic rings. The molecule has 0 saturated heterocycles. The third-order valence-corrected chi connectivity index (χ3v) is 5.28. The van der Waals surface area contributed by atoms with Gasteiger partial charge in [-0.05, 0) is 47.5 Å². The summed E-state index contributed by atoms with van der Waals surface area (Å²) in [4.78, 5) is 28.8. The van der Waals surface area contributed by atoms with Gasteiger partial charge < -0.3 is 14.7 Å². The van der Waals surface area contributed by atoms with Crippen molar-refractivity contribution < 1.29 is 19.4 Å². The SMILES string of the molecule is COc1cccc(CN2C(=O)Cc3ccccc32)c1.O=C(O)c1cccc2ncccc12. The summed E-state index contributed by atoms with van der Waals surface area (Å²) >= 11 is 0. The Bertz CT molecular complexity index is 1280. The van der Waals surface area contributed by atoms with E-state index in [0.717, 1.165) is 22.6 Å². The second-order valence-electron chi connectivity index (χ2n) is 7.32. The number of carbonyl (C=O) groups is 2. The molecule has 0 bridgehead atoms. The van der Waals surface area contributed by atoms with E-state index in [4.69, 9.17) is 9.84 Å². The zero-order valence-electron chi connectivity index (χ0n) is 17.6. The Labute approximate surface area is 185 Å². The van der Waals surface area contributed by atoms with Crippen LogP contribution in [0.3, 0.4) is 0 Å². The molecule has 0 saturated carbocycles. The normalized spacial score (nSPS) is 12.2. The van der Waals surface area contributed by atoms with Crippen LogP contribution in [0, 0.1) is 0 Å².